The Morgan fingerprint density at radius 1 is 1.16 bits per heavy atom. The van der Waals surface area contributed by atoms with E-state index in [-0.39, 0.29) is 5.92 Å². The molecule has 1 aromatic carbocycles. The lowest BCUT2D eigenvalue weighted by Crippen LogP contribution is -2.34. The van der Waals surface area contributed by atoms with E-state index in [1.54, 1.807) is 19.7 Å². The Balaban J connectivity index is 3.48. The van der Waals surface area contributed by atoms with Crippen molar-refractivity contribution in [1.82, 2.24) is 0 Å². The lowest BCUT2D eigenvalue weighted by Gasteiger charge is -2.36. The van der Waals surface area contributed by atoms with E-state index in [0.717, 1.165) is 18.4 Å². The lowest BCUT2D eigenvalue weighted by atomic mass is 9.76. The molecular formula is C20H33O4P. The summed E-state index contributed by atoms with van der Waals surface area (Å²) in [4.78, 5) is 0. The van der Waals surface area contributed by atoms with Gasteiger partial charge in [-0.3, -0.25) is 4.57 Å². The Bertz CT molecular complexity index is 573. The predicted molar refractivity (Wildman–Crippen MR) is 104 cm³/mol. The van der Waals surface area contributed by atoms with E-state index < -0.39 is 13.2 Å². The largest absolute Gasteiger partial charge is 0.380 e. The van der Waals surface area contributed by atoms with Gasteiger partial charge in [0.25, 0.3) is 0 Å². The average Bonchev–Trinajstić information content (AvgIpc) is 2.59. The standard InChI is InChI=1S/C20H33O4P/c1-6-9-13-19(16-25(22,23-7-2)24-8-3)20(21,17(4)5)18-14-11-10-12-15-18/h10-12,14-17,21H,6-9,13H2,1-5H3/b19-16+. The van der Waals surface area contributed by atoms with Crippen molar-refractivity contribution >= 4 is 7.60 Å². The molecule has 0 amide bonds. The number of rotatable bonds is 11. The van der Waals surface area contributed by atoms with Crippen LogP contribution in [0.4, 0.5) is 0 Å². The van der Waals surface area contributed by atoms with Crippen LogP contribution in [0.1, 0.15) is 59.4 Å². The Morgan fingerprint density at radius 2 is 1.72 bits per heavy atom. The molecule has 0 heterocycles. The fourth-order valence-electron chi connectivity index (χ4n) is 2.97. The number of aliphatic hydroxyl groups is 1. The van der Waals surface area contributed by atoms with Crippen LogP contribution in [0.15, 0.2) is 41.7 Å². The highest BCUT2D eigenvalue weighted by Gasteiger charge is 2.38. The number of hydrogen-bond donors (Lipinski definition) is 1. The Morgan fingerprint density at radius 3 is 2.16 bits per heavy atom. The van der Waals surface area contributed by atoms with Crippen molar-refractivity contribution in [2.45, 2.75) is 59.5 Å². The van der Waals surface area contributed by atoms with Crippen LogP contribution >= 0.6 is 7.60 Å². The SMILES string of the molecule is CCCC/C(=C\P(=O)(OCC)OCC)C(O)(c1ccccc1)C(C)C. The molecule has 0 radical (unpaired) electrons. The molecule has 0 saturated carbocycles. The third kappa shape index (κ3) is 5.79. The molecule has 1 atom stereocenters. The maximum absolute atomic E-state index is 13.1. The monoisotopic (exact) mass is 368 g/mol. The molecule has 0 aliphatic carbocycles. The van der Waals surface area contributed by atoms with Gasteiger partial charge in [-0.1, -0.05) is 57.5 Å². The molecule has 0 aromatic heterocycles. The molecule has 142 valence electrons. The molecule has 0 aliphatic heterocycles. The summed E-state index contributed by atoms with van der Waals surface area (Å²) in [5.74, 6) is 1.47. The summed E-state index contributed by atoms with van der Waals surface area (Å²) in [7, 11) is -3.39. The minimum atomic E-state index is -3.39. The summed E-state index contributed by atoms with van der Waals surface area (Å²) in [5, 5.41) is 11.6. The highest BCUT2D eigenvalue weighted by molar-refractivity contribution is 7.57. The van der Waals surface area contributed by atoms with E-state index in [1.165, 1.54) is 0 Å². The van der Waals surface area contributed by atoms with Crippen molar-refractivity contribution in [3.8, 4) is 0 Å². The molecule has 25 heavy (non-hydrogen) atoms. The highest BCUT2D eigenvalue weighted by atomic mass is 31.2. The molecule has 0 aliphatic rings. The summed E-state index contributed by atoms with van der Waals surface area (Å²) in [6.45, 7) is 10.2. The second-order valence-corrected chi connectivity index (χ2v) is 8.27. The van der Waals surface area contributed by atoms with Gasteiger partial charge in [-0.25, -0.2) is 0 Å². The van der Waals surface area contributed by atoms with Crippen molar-refractivity contribution in [1.29, 1.82) is 0 Å². The molecule has 5 heteroatoms. The molecule has 4 nitrogen and oxygen atoms in total. The smallest absolute Gasteiger partial charge is 0.354 e. The van der Waals surface area contributed by atoms with Gasteiger partial charge in [0.15, 0.2) is 0 Å². The van der Waals surface area contributed by atoms with Gasteiger partial charge in [0.05, 0.1) is 13.2 Å². The third-order valence-electron chi connectivity index (χ3n) is 4.27. The van der Waals surface area contributed by atoms with Crippen LogP contribution in [0.2, 0.25) is 0 Å². The summed E-state index contributed by atoms with van der Waals surface area (Å²) in [5.41, 5.74) is 0.299. The van der Waals surface area contributed by atoms with E-state index >= 15 is 0 Å². The van der Waals surface area contributed by atoms with E-state index in [9.17, 15) is 9.67 Å². The van der Waals surface area contributed by atoms with E-state index in [4.69, 9.17) is 9.05 Å². The molecule has 0 saturated heterocycles. The maximum atomic E-state index is 13.1. The van der Waals surface area contributed by atoms with Crippen LogP contribution < -0.4 is 0 Å². The van der Waals surface area contributed by atoms with Crippen molar-refractivity contribution in [2.75, 3.05) is 13.2 Å². The van der Waals surface area contributed by atoms with Crippen LogP contribution in [0.25, 0.3) is 0 Å². The Kier molecular flexibility index (Phi) is 9.09. The minimum Gasteiger partial charge on any atom is -0.380 e. The Labute approximate surface area is 152 Å². The average molecular weight is 368 g/mol. The molecule has 1 aromatic rings. The second kappa shape index (κ2) is 10.3. The van der Waals surface area contributed by atoms with Gasteiger partial charge in [0, 0.05) is 5.82 Å². The van der Waals surface area contributed by atoms with Gasteiger partial charge < -0.3 is 14.2 Å². The zero-order valence-corrected chi connectivity index (χ0v) is 17.1. The zero-order chi connectivity index (χ0) is 18.9. The van der Waals surface area contributed by atoms with E-state index in [0.29, 0.717) is 25.2 Å². The van der Waals surface area contributed by atoms with Crippen LogP contribution in [0.3, 0.4) is 0 Å². The fraction of sp³-hybridized carbons (Fsp3) is 0.600. The zero-order valence-electron chi connectivity index (χ0n) is 16.2. The molecule has 0 fully saturated rings. The van der Waals surface area contributed by atoms with Gasteiger partial charge in [-0.15, -0.1) is 0 Å². The lowest BCUT2D eigenvalue weighted by molar-refractivity contribution is 0.0238. The second-order valence-electron chi connectivity index (χ2n) is 6.42. The first-order valence-electron chi connectivity index (χ1n) is 9.22. The minimum absolute atomic E-state index is 0.0882. The summed E-state index contributed by atoms with van der Waals surface area (Å²) in [6, 6.07) is 9.55. The number of unbranched alkanes of at least 4 members (excludes halogenated alkanes) is 1. The molecule has 1 unspecified atom stereocenters. The number of hydrogen-bond acceptors (Lipinski definition) is 4. The van der Waals surface area contributed by atoms with E-state index in [1.807, 2.05) is 44.2 Å². The van der Waals surface area contributed by atoms with Crippen LogP contribution in [-0.2, 0) is 19.2 Å². The quantitative estimate of drug-likeness (QED) is 0.496. The number of benzene rings is 1. The Hall–Kier alpha value is -0.930. The normalized spacial score (nSPS) is 15.4. The van der Waals surface area contributed by atoms with Crippen molar-refractivity contribution in [2.24, 2.45) is 5.92 Å². The third-order valence-corrected chi connectivity index (χ3v) is 6.13. The summed E-state index contributed by atoms with van der Waals surface area (Å²) >= 11 is 0. The van der Waals surface area contributed by atoms with Gasteiger partial charge in [-0.2, -0.15) is 0 Å². The van der Waals surface area contributed by atoms with Crippen molar-refractivity contribution in [3.63, 3.8) is 0 Å². The van der Waals surface area contributed by atoms with Gasteiger partial charge in [-0.05, 0) is 43.7 Å². The molecule has 1 N–H and O–H groups in total. The fourth-order valence-corrected chi connectivity index (χ4v) is 4.62. The molecule has 1 rings (SSSR count). The maximum Gasteiger partial charge on any atom is 0.354 e. The molecule has 0 bridgehead atoms. The van der Waals surface area contributed by atoms with Crippen molar-refractivity contribution < 1.29 is 18.7 Å². The van der Waals surface area contributed by atoms with Gasteiger partial charge >= 0.3 is 7.60 Å². The van der Waals surface area contributed by atoms with Gasteiger partial charge in [0.1, 0.15) is 5.60 Å². The first-order valence-corrected chi connectivity index (χ1v) is 10.8. The first kappa shape index (κ1) is 22.1. The van der Waals surface area contributed by atoms with Crippen LogP contribution in [0, 0.1) is 5.92 Å². The predicted octanol–water partition coefficient (Wildman–Crippen LogP) is 5.87. The summed E-state index contributed by atoms with van der Waals surface area (Å²) < 4.78 is 23.9. The topological polar surface area (TPSA) is 55.8 Å². The molecule has 0 spiro atoms. The first-order chi connectivity index (χ1) is 11.8. The van der Waals surface area contributed by atoms with Crippen LogP contribution in [0.5, 0.6) is 0 Å². The van der Waals surface area contributed by atoms with Crippen molar-refractivity contribution in [3.05, 3.63) is 47.3 Å². The van der Waals surface area contributed by atoms with E-state index in [2.05, 4.69) is 6.92 Å². The molecular weight excluding hydrogens is 335 g/mol. The van der Waals surface area contributed by atoms with Gasteiger partial charge in [0.2, 0.25) is 0 Å². The highest BCUT2D eigenvalue weighted by Crippen LogP contribution is 2.53. The summed E-state index contributed by atoms with van der Waals surface area (Å²) in [6.07, 6.45) is 2.52. The van der Waals surface area contributed by atoms with Crippen LogP contribution in [-0.4, -0.2) is 18.3 Å².